The topological polar surface area (TPSA) is 27.7 Å². The van der Waals surface area contributed by atoms with Crippen molar-refractivity contribution in [3.63, 3.8) is 0 Å². The molecule has 3 heterocycles. The SMILES string of the molecule is [CH-]1CCCO1.[CH-]1CCCO1.[CH-]1CCCO1.[Cl][Mo]([Cl])[Cl]. The molecule has 117 valence electrons. The summed E-state index contributed by atoms with van der Waals surface area (Å²) in [6.07, 6.45) is 7.12. The van der Waals surface area contributed by atoms with E-state index < -0.39 is 14.2 Å². The third-order valence-electron chi connectivity index (χ3n) is 2.11. The third kappa shape index (κ3) is 21.9. The molecule has 0 bridgehead atoms. The van der Waals surface area contributed by atoms with Gasteiger partial charge < -0.3 is 14.2 Å². The second-order valence-corrected chi connectivity index (χ2v) is 12.9. The molecule has 0 amide bonds. The fraction of sp³-hybridized carbons (Fsp3) is 0.750. The van der Waals surface area contributed by atoms with Crippen LogP contribution in [0.2, 0.25) is 0 Å². The van der Waals surface area contributed by atoms with Crippen molar-refractivity contribution in [1.29, 1.82) is 0 Å². The van der Waals surface area contributed by atoms with E-state index in [1.54, 1.807) is 0 Å². The van der Waals surface area contributed by atoms with Crippen LogP contribution in [0.3, 0.4) is 0 Å². The average molecular weight is 416 g/mol. The molecule has 0 aromatic heterocycles. The molecule has 19 heavy (non-hydrogen) atoms. The molecule has 3 aliphatic rings. The Balaban J connectivity index is 0.000000229. The predicted molar refractivity (Wildman–Crippen MR) is 76.0 cm³/mol. The van der Waals surface area contributed by atoms with Crippen LogP contribution < -0.4 is 0 Å². The van der Waals surface area contributed by atoms with Crippen LogP contribution in [-0.2, 0) is 28.4 Å². The Bertz CT molecular complexity index is 115. The maximum atomic E-state index is 4.98. The molecule has 3 rings (SSSR count). The second kappa shape index (κ2) is 17.5. The van der Waals surface area contributed by atoms with E-state index in [-0.39, 0.29) is 0 Å². The van der Waals surface area contributed by atoms with Gasteiger partial charge in [0.15, 0.2) is 0 Å². The molecule has 7 heteroatoms. The van der Waals surface area contributed by atoms with Gasteiger partial charge in [-0.15, -0.1) is 0 Å². The van der Waals surface area contributed by atoms with Gasteiger partial charge in [0, 0.05) is 19.8 Å². The third-order valence-corrected chi connectivity index (χ3v) is 2.11. The number of rotatable bonds is 0. The van der Waals surface area contributed by atoms with E-state index in [9.17, 15) is 0 Å². The standard InChI is InChI=1S/3C4H7O.3ClH.Mo/c3*1-2-4-5-3-1;;;;/h3*3H,1-2,4H2;3*1H;/q3*-1;;;;+3/p-3. The molecular weight excluding hydrogens is 394 g/mol. The van der Waals surface area contributed by atoms with Crippen LogP contribution in [0.15, 0.2) is 0 Å². The molecule has 0 radical (unpaired) electrons. The van der Waals surface area contributed by atoms with E-state index in [2.05, 4.69) is 0 Å². The van der Waals surface area contributed by atoms with Crippen molar-refractivity contribution in [1.82, 2.24) is 0 Å². The fourth-order valence-electron chi connectivity index (χ4n) is 1.25. The molecule has 0 spiro atoms. The van der Waals surface area contributed by atoms with Gasteiger partial charge in [-0.2, -0.15) is 19.3 Å². The first-order valence-electron chi connectivity index (χ1n) is 6.26. The molecule has 0 unspecified atom stereocenters. The van der Waals surface area contributed by atoms with E-state index in [1.165, 1.54) is 19.3 Å². The first-order valence-corrected chi connectivity index (χ1v) is 14.0. The average Bonchev–Trinajstić information content (AvgIpc) is 3.18. The molecular formula is C12H21Cl3MoO3-3. The zero-order valence-electron chi connectivity index (χ0n) is 10.9. The van der Waals surface area contributed by atoms with Crippen LogP contribution in [0.1, 0.15) is 38.5 Å². The van der Waals surface area contributed by atoms with Crippen molar-refractivity contribution < 1.29 is 28.4 Å². The molecule has 0 atom stereocenters. The van der Waals surface area contributed by atoms with Crippen LogP contribution >= 0.6 is 28.3 Å². The van der Waals surface area contributed by atoms with E-state index >= 15 is 0 Å². The Hall–Kier alpha value is 1.44. The van der Waals surface area contributed by atoms with E-state index in [0.29, 0.717) is 0 Å². The summed E-state index contributed by atoms with van der Waals surface area (Å²) in [6, 6.07) is 0. The summed E-state index contributed by atoms with van der Waals surface area (Å²) in [7, 11) is 14.9. The van der Waals surface area contributed by atoms with E-state index in [4.69, 9.17) is 42.5 Å². The van der Waals surface area contributed by atoms with Crippen LogP contribution in [0, 0.1) is 19.8 Å². The first kappa shape index (κ1) is 20.4. The predicted octanol–water partition coefficient (Wildman–Crippen LogP) is 4.94. The van der Waals surface area contributed by atoms with Crippen molar-refractivity contribution >= 4 is 28.3 Å². The Kier molecular flexibility index (Phi) is 18.8. The van der Waals surface area contributed by atoms with Crippen molar-refractivity contribution in [2.45, 2.75) is 38.5 Å². The van der Waals surface area contributed by atoms with Crippen molar-refractivity contribution in [3.8, 4) is 0 Å². The summed E-state index contributed by atoms with van der Waals surface area (Å²) in [4.78, 5) is 0. The van der Waals surface area contributed by atoms with Gasteiger partial charge in [0.05, 0.1) is 0 Å². The van der Waals surface area contributed by atoms with Gasteiger partial charge in [-0.25, -0.2) is 19.8 Å². The van der Waals surface area contributed by atoms with Crippen molar-refractivity contribution in [2.24, 2.45) is 0 Å². The molecule has 3 saturated heterocycles. The van der Waals surface area contributed by atoms with Gasteiger partial charge >= 0.3 is 42.4 Å². The van der Waals surface area contributed by atoms with Crippen LogP contribution in [0.4, 0.5) is 0 Å². The summed E-state index contributed by atoms with van der Waals surface area (Å²) >= 11 is -1.94. The van der Waals surface area contributed by atoms with Crippen LogP contribution in [0.25, 0.3) is 0 Å². The Labute approximate surface area is 134 Å². The summed E-state index contributed by atoms with van der Waals surface area (Å²) in [5, 5.41) is 0. The number of hydrogen-bond donors (Lipinski definition) is 0. The second-order valence-electron chi connectivity index (χ2n) is 3.71. The summed E-state index contributed by atoms with van der Waals surface area (Å²) in [6.45, 7) is 8.42. The Morgan fingerprint density at radius 2 is 0.895 bits per heavy atom. The molecule has 3 nitrogen and oxygen atoms in total. The van der Waals surface area contributed by atoms with Gasteiger partial charge in [-0.05, 0) is 0 Å². The van der Waals surface area contributed by atoms with Gasteiger partial charge in [0.25, 0.3) is 0 Å². The fourth-order valence-corrected chi connectivity index (χ4v) is 1.25. The van der Waals surface area contributed by atoms with Gasteiger partial charge in [-0.3, -0.25) is 0 Å². The van der Waals surface area contributed by atoms with Crippen LogP contribution in [0.5, 0.6) is 0 Å². The van der Waals surface area contributed by atoms with E-state index in [1.807, 2.05) is 19.8 Å². The van der Waals surface area contributed by atoms with Crippen molar-refractivity contribution in [2.75, 3.05) is 19.8 Å². The molecule has 0 aromatic rings. The van der Waals surface area contributed by atoms with Crippen molar-refractivity contribution in [3.05, 3.63) is 19.8 Å². The van der Waals surface area contributed by atoms with E-state index in [0.717, 1.165) is 39.1 Å². The first-order chi connectivity index (χ1) is 9.23. The quantitative estimate of drug-likeness (QED) is 0.414. The Morgan fingerprint density at radius 3 is 0.947 bits per heavy atom. The maximum absolute atomic E-state index is 4.98. The summed E-state index contributed by atoms with van der Waals surface area (Å²) < 4.78 is 14.5. The van der Waals surface area contributed by atoms with Crippen LogP contribution in [-0.4, -0.2) is 19.8 Å². The number of hydrogen-bond acceptors (Lipinski definition) is 3. The zero-order chi connectivity index (χ0) is 14.2. The molecule has 0 saturated carbocycles. The van der Waals surface area contributed by atoms with Gasteiger partial charge in [0.1, 0.15) is 0 Å². The minimum atomic E-state index is -1.94. The minimum absolute atomic E-state index is 0.944. The Morgan fingerprint density at radius 1 is 0.632 bits per heavy atom. The molecule has 0 aromatic carbocycles. The molecule has 3 fully saturated rings. The molecule has 3 aliphatic heterocycles. The molecule has 0 N–H and O–H groups in total. The van der Waals surface area contributed by atoms with Gasteiger partial charge in [0.2, 0.25) is 0 Å². The number of halogens is 3. The monoisotopic (exact) mass is 416 g/mol. The number of ether oxygens (including phenoxy) is 3. The molecule has 0 aliphatic carbocycles. The normalized spacial score (nSPS) is 20.8. The summed E-state index contributed by atoms with van der Waals surface area (Å²) in [5.41, 5.74) is 0. The van der Waals surface area contributed by atoms with Gasteiger partial charge in [-0.1, -0.05) is 19.3 Å². The zero-order valence-corrected chi connectivity index (χ0v) is 15.1. The summed E-state index contributed by atoms with van der Waals surface area (Å²) in [5.74, 6) is 0.